The molecule has 74 valence electrons. The number of thioether (sulfide) groups is 4. The van der Waals surface area contributed by atoms with Crippen molar-refractivity contribution in [2.75, 3.05) is 11.5 Å². The first kappa shape index (κ1) is 10.2. The highest BCUT2D eigenvalue weighted by Gasteiger charge is 2.26. The molecule has 0 radical (unpaired) electrons. The Hall–Kier alpha value is 0.990. The Balaban J connectivity index is 1.94. The Bertz CT molecular complexity index is 418. The van der Waals surface area contributed by atoms with Gasteiger partial charge in [-0.3, -0.25) is 4.79 Å². The van der Waals surface area contributed by atoms with Crippen LogP contribution in [-0.2, 0) is 0 Å². The van der Waals surface area contributed by atoms with Crippen LogP contribution in [0.1, 0.15) is 0 Å². The van der Waals surface area contributed by atoms with Gasteiger partial charge in [0.25, 0.3) is 4.06 Å². The van der Waals surface area contributed by atoms with E-state index in [1.807, 2.05) is 23.5 Å². The summed E-state index contributed by atoms with van der Waals surface area (Å²) in [5, 5.41) is 0. The first-order valence-electron chi connectivity index (χ1n) is 3.82. The Morgan fingerprint density at radius 1 is 0.857 bits per heavy atom. The van der Waals surface area contributed by atoms with E-state index < -0.39 is 0 Å². The molecule has 2 aliphatic rings. The molecule has 0 unspecified atom stereocenters. The largest absolute Gasteiger partial charge is 0.289 e. The molecular weight excluding hydrogens is 292 g/mol. The molecule has 3 heterocycles. The van der Waals surface area contributed by atoms with Crippen molar-refractivity contribution >= 4 is 69.7 Å². The molecule has 0 saturated carbocycles. The van der Waals surface area contributed by atoms with Gasteiger partial charge in [-0.05, 0) is 0 Å². The second-order valence-electron chi connectivity index (χ2n) is 2.51. The van der Waals surface area contributed by atoms with Gasteiger partial charge in [0.05, 0.1) is 16.9 Å². The molecule has 2 aliphatic heterocycles. The average Bonchev–Trinajstić information content (AvgIpc) is 2.74. The van der Waals surface area contributed by atoms with E-state index in [1.165, 1.54) is 51.1 Å². The Labute approximate surface area is 106 Å². The summed E-state index contributed by atoms with van der Waals surface area (Å²) in [4.78, 5) is 11.1. The summed E-state index contributed by atoms with van der Waals surface area (Å²) in [5.41, 5.74) is 0. The quantitative estimate of drug-likeness (QED) is 0.718. The monoisotopic (exact) mass is 296 g/mol. The molecule has 0 spiro atoms. The number of hydrogen-bond acceptors (Lipinski definition) is 7. The minimum Gasteiger partial charge on any atom is -0.265 e. The van der Waals surface area contributed by atoms with Crippen LogP contribution in [-0.4, -0.2) is 11.5 Å². The molecule has 0 aromatic carbocycles. The van der Waals surface area contributed by atoms with Crippen molar-refractivity contribution < 1.29 is 0 Å². The molecule has 1 nitrogen and oxygen atoms in total. The third-order valence-corrected chi connectivity index (χ3v) is 10.0. The van der Waals surface area contributed by atoms with Crippen LogP contribution in [0.4, 0.5) is 0 Å². The highest BCUT2D eigenvalue weighted by molar-refractivity contribution is 8.31. The summed E-state index contributed by atoms with van der Waals surface area (Å²) in [6.07, 6.45) is 0. The average molecular weight is 297 g/mol. The third kappa shape index (κ3) is 1.82. The Morgan fingerprint density at radius 2 is 1.43 bits per heavy atom. The second kappa shape index (κ2) is 4.10. The maximum Gasteiger partial charge on any atom is 0.289 e. The van der Waals surface area contributed by atoms with E-state index in [-0.39, 0.29) is 4.06 Å². The van der Waals surface area contributed by atoms with E-state index in [2.05, 4.69) is 0 Å². The predicted octanol–water partition coefficient (Wildman–Crippen LogP) is 3.97. The summed E-state index contributed by atoms with van der Waals surface area (Å²) < 4.78 is 5.50. The van der Waals surface area contributed by atoms with E-state index in [1.54, 1.807) is 23.5 Å². The van der Waals surface area contributed by atoms with Crippen LogP contribution in [0.2, 0.25) is 0 Å². The first-order chi connectivity index (χ1) is 6.83. The lowest BCUT2D eigenvalue weighted by Crippen LogP contribution is -1.75. The molecule has 1 saturated heterocycles. The summed E-state index contributed by atoms with van der Waals surface area (Å²) >= 11 is 10.3. The summed E-state index contributed by atoms with van der Waals surface area (Å²) in [7, 11) is 0. The Morgan fingerprint density at radius 3 is 2.00 bits per heavy atom. The fraction of sp³-hybridized carbons (Fsp3) is 0.286. The number of rotatable bonds is 0. The molecule has 14 heavy (non-hydrogen) atoms. The Kier molecular flexibility index (Phi) is 2.98. The van der Waals surface area contributed by atoms with Crippen molar-refractivity contribution in [1.82, 2.24) is 0 Å². The van der Waals surface area contributed by atoms with Gasteiger partial charge in [-0.25, -0.2) is 0 Å². The van der Waals surface area contributed by atoms with Gasteiger partial charge in [0.1, 0.15) is 0 Å². The minimum absolute atomic E-state index is 0.228. The molecule has 0 amide bonds. The van der Waals surface area contributed by atoms with E-state index in [0.29, 0.717) is 0 Å². The van der Waals surface area contributed by atoms with Crippen LogP contribution in [0.25, 0.3) is 0 Å². The van der Waals surface area contributed by atoms with Crippen LogP contribution in [0, 0.1) is 0 Å². The van der Waals surface area contributed by atoms with Crippen LogP contribution in [0.3, 0.4) is 0 Å². The van der Waals surface area contributed by atoms with Crippen molar-refractivity contribution in [1.29, 1.82) is 0 Å². The molecule has 0 aliphatic carbocycles. The van der Waals surface area contributed by atoms with Crippen LogP contribution >= 0.6 is 69.7 Å². The van der Waals surface area contributed by atoms with E-state index in [0.717, 1.165) is 0 Å². The zero-order chi connectivity index (χ0) is 9.54. The van der Waals surface area contributed by atoms with Crippen molar-refractivity contribution in [2.45, 2.75) is 8.42 Å². The zero-order valence-corrected chi connectivity index (χ0v) is 11.7. The maximum absolute atomic E-state index is 11.1. The first-order valence-corrected chi connectivity index (χ1v) is 9.06. The lowest BCUT2D eigenvalue weighted by atomic mass is 11.0. The highest BCUT2D eigenvalue weighted by Crippen LogP contribution is 2.59. The molecule has 1 fully saturated rings. The molecule has 7 heteroatoms. The second-order valence-corrected chi connectivity index (χ2v) is 10.0. The van der Waals surface area contributed by atoms with Crippen molar-refractivity contribution in [2.24, 2.45) is 0 Å². The molecular formula is C7H4OS6. The van der Waals surface area contributed by atoms with Crippen molar-refractivity contribution in [3.05, 3.63) is 17.3 Å². The number of hydrogen-bond donors (Lipinski definition) is 0. The summed E-state index contributed by atoms with van der Waals surface area (Å²) in [5.74, 6) is 2.46. The fourth-order valence-electron chi connectivity index (χ4n) is 1.08. The maximum atomic E-state index is 11.1. The van der Waals surface area contributed by atoms with Gasteiger partial charge >= 0.3 is 0 Å². The van der Waals surface area contributed by atoms with E-state index in [9.17, 15) is 4.79 Å². The lowest BCUT2D eigenvalue weighted by molar-refractivity contribution is 1.56. The van der Waals surface area contributed by atoms with Gasteiger partial charge in [0, 0.05) is 11.5 Å². The fourth-order valence-corrected chi connectivity index (χ4v) is 9.79. The van der Waals surface area contributed by atoms with Gasteiger partial charge in [0.15, 0.2) is 0 Å². The lowest BCUT2D eigenvalue weighted by Gasteiger charge is -1.97. The van der Waals surface area contributed by atoms with Gasteiger partial charge < -0.3 is 0 Å². The van der Waals surface area contributed by atoms with E-state index in [4.69, 9.17) is 0 Å². The molecule has 3 rings (SSSR count). The molecule has 0 atom stereocenters. The summed E-state index contributed by atoms with van der Waals surface area (Å²) in [6, 6.07) is 0. The van der Waals surface area contributed by atoms with Gasteiger partial charge in [-0.1, -0.05) is 46.2 Å². The van der Waals surface area contributed by atoms with Crippen molar-refractivity contribution in [3.8, 4) is 0 Å². The van der Waals surface area contributed by atoms with Gasteiger partial charge in [-0.2, -0.15) is 0 Å². The molecule has 1 aromatic rings. The SMILES string of the molecule is O=c1sc2c(s1)SC(=C1SCCS1)S2. The smallest absolute Gasteiger partial charge is 0.265 e. The van der Waals surface area contributed by atoms with E-state index >= 15 is 0 Å². The third-order valence-electron chi connectivity index (χ3n) is 1.61. The zero-order valence-electron chi connectivity index (χ0n) is 6.77. The highest BCUT2D eigenvalue weighted by atomic mass is 32.2. The molecule has 0 N–H and O–H groups in total. The minimum atomic E-state index is 0.228. The topological polar surface area (TPSA) is 17.1 Å². The number of fused-ring (bicyclic) bond motifs is 1. The predicted molar refractivity (Wildman–Crippen MR) is 72.1 cm³/mol. The van der Waals surface area contributed by atoms with Crippen molar-refractivity contribution in [3.63, 3.8) is 0 Å². The van der Waals surface area contributed by atoms with Gasteiger partial charge in [-0.15, -0.1) is 23.5 Å². The van der Waals surface area contributed by atoms with Crippen LogP contribution in [0.5, 0.6) is 0 Å². The molecule has 0 bridgehead atoms. The molecule has 1 aromatic heterocycles. The normalized spacial score (nSPS) is 20.6. The van der Waals surface area contributed by atoms with Crippen LogP contribution in [0.15, 0.2) is 21.7 Å². The van der Waals surface area contributed by atoms with Crippen LogP contribution < -0.4 is 4.06 Å². The summed E-state index contributed by atoms with van der Waals surface area (Å²) in [6.45, 7) is 0. The standard InChI is InChI=1S/C7H4OS6/c8-7-13-5-6(14-7)12-4(11-5)3-9-1-2-10-3/h1-2H2. The van der Waals surface area contributed by atoms with Gasteiger partial charge in [0.2, 0.25) is 0 Å².